The van der Waals surface area contributed by atoms with Crippen LogP contribution in [0.3, 0.4) is 0 Å². The smallest absolute Gasteiger partial charge is 0.362 e. The molecule has 0 unspecified atom stereocenters. The lowest BCUT2D eigenvalue weighted by Crippen LogP contribution is -2.21. The van der Waals surface area contributed by atoms with Gasteiger partial charge < -0.3 is 15.1 Å². The normalized spacial score (nSPS) is 10.7. The number of hydrogen-bond acceptors (Lipinski definition) is 4. The Bertz CT molecular complexity index is 998. The molecule has 0 saturated heterocycles. The number of benzene rings is 2. The van der Waals surface area contributed by atoms with Crippen molar-refractivity contribution in [2.45, 2.75) is 19.8 Å². The average Bonchev–Trinajstić information content (AvgIpc) is 2.61. The van der Waals surface area contributed by atoms with Gasteiger partial charge in [0.25, 0.3) is 0 Å². The van der Waals surface area contributed by atoms with Gasteiger partial charge in [0.1, 0.15) is 11.4 Å². The van der Waals surface area contributed by atoms with Crippen molar-refractivity contribution < 1.29 is 13.6 Å². The standard InChI is InChI=1S/C20H19FN2O3/c1-2-10-22-18-15-8-3-4-9-16(15)26-20(25)19(18)23-17(24)12-13-6-5-7-14(21)11-13/h3-9,11,22H,2,10,12H2,1H3,(H,23,24). The first-order chi connectivity index (χ1) is 12.6. The van der Waals surface area contributed by atoms with Crippen LogP contribution in [0.1, 0.15) is 18.9 Å². The summed E-state index contributed by atoms with van der Waals surface area (Å²) < 4.78 is 18.6. The summed E-state index contributed by atoms with van der Waals surface area (Å²) in [7, 11) is 0. The maximum Gasteiger partial charge on any atom is 0.362 e. The SMILES string of the molecule is CCCNc1c(NC(=O)Cc2cccc(F)c2)c(=O)oc2ccccc12. The van der Waals surface area contributed by atoms with Gasteiger partial charge in [-0.05, 0) is 36.2 Å². The molecule has 0 fully saturated rings. The molecule has 0 aliphatic heterocycles. The zero-order chi connectivity index (χ0) is 18.5. The second-order valence-electron chi connectivity index (χ2n) is 5.92. The molecule has 3 aromatic rings. The highest BCUT2D eigenvalue weighted by molar-refractivity contribution is 6.02. The number of carbonyl (C=O) groups excluding carboxylic acids is 1. The number of hydrogen-bond donors (Lipinski definition) is 2. The van der Waals surface area contributed by atoms with Crippen molar-refractivity contribution in [3.63, 3.8) is 0 Å². The van der Waals surface area contributed by atoms with E-state index in [4.69, 9.17) is 4.42 Å². The molecule has 0 aliphatic carbocycles. The third-order valence-electron chi connectivity index (χ3n) is 3.88. The van der Waals surface area contributed by atoms with Gasteiger partial charge in [-0.3, -0.25) is 4.79 Å². The molecule has 2 N–H and O–H groups in total. The molecule has 134 valence electrons. The lowest BCUT2D eigenvalue weighted by Gasteiger charge is -2.14. The lowest BCUT2D eigenvalue weighted by atomic mass is 10.1. The molecule has 6 heteroatoms. The van der Waals surface area contributed by atoms with Crippen LogP contribution >= 0.6 is 0 Å². The molecular weight excluding hydrogens is 335 g/mol. The Hall–Kier alpha value is -3.15. The van der Waals surface area contributed by atoms with Crippen molar-refractivity contribution in [2.24, 2.45) is 0 Å². The zero-order valence-electron chi connectivity index (χ0n) is 14.3. The number of anilines is 2. The minimum atomic E-state index is -0.630. The Kier molecular flexibility index (Phi) is 5.31. The molecule has 2 aromatic carbocycles. The van der Waals surface area contributed by atoms with Crippen molar-refractivity contribution in [1.29, 1.82) is 0 Å². The fourth-order valence-electron chi connectivity index (χ4n) is 2.71. The first-order valence-corrected chi connectivity index (χ1v) is 8.42. The van der Waals surface area contributed by atoms with E-state index < -0.39 is 17.3 Å². The van der Waals surface area contributed by atoms with Crippen LogP contribution in [-0.2, 0) is 11.2 Å². The minimum absolute atomic E-state index is 0.0444. The summed E-state index contributed by atoms with van der Waals surface area (Å²) in [5.41, 5.74) is 0.940. The molecule has 1 aromatic heterocycles. The van der Waals surface area contributed by atoms with Crippen molar-refractivity contribution in [3.8, 4) is 0 Å². The van der Waals surface area contributed by atoms with E-state index in [1.807, 2.05) is 19.1 Å². The largest absolute Gasteiger partial charge is 0.421 e. The second kappa shape index (κ2) is 7.82. The van der Waals surface area contributed by atoms with Gasteiger partial charge in [-0.1, -0.05) is 31.2 Å². The number of carbonyl (C=O) groups is 1. The number of nitrogens with one attached hydrogen (secondary N) is 2. The van der Waals surface area contributed by atoms with Gasteiger partial charge in [0.05, 0.1) is 12.1 Å². The topological polar surface area (TPSA) is 71.3 Å². The highest BCUT2D eigenvalue weighted by Crippen LogP contribution is 2.28. The predicted octanol–water partition coefficient (Wildman–Crippen LogP) is 3.94. The fraction of sp³-hybridized carbons (Fsp3) is 0.200. The number of para-hydroxylation sites is 1. The predicted molar refractivity (Wildman–Crippen MR) is 100.0 cm³/mol. The Labute approximate surface area is 149 Å². The molecule has 0 radical (unpaired) electrons. The van der Waals surface area contributed by atoms with E-state index >= 15 is 0 Å². The van der Waals surface area contributed by atoms with E-state index in [1.54, 1.807) is 18.2 Å². The van der Waals surface area contributed by atoms with Crippen LogP contribution < -0.4 is 16.3 Å². The second-order valence-corrected chi connectivity index (χ2v) is 5.92. The van der Waals surface area contributed by atoms with Crippen LogP contribution in [0.4, 0.5) is 15.8 Å². The summed E-state index contributed by atoms with van der Waals surface area (Å²) in [5.74, 6) is -0.830. The molecule has 1 heterocycles. The Morgan fingerprint density at radius 2 is 1.92 bits per heavy atom. The lowest BCUT2D eigenvalue weighted by molar-refractivity contribution is -0.115. The highest BCUT2D eigenvalue weighted by atomic mass is 19.1. The van der Waals surface area contributed by atoms with Crippen molar-refractivity contribution in [1.82, 2.24) is 0 Å². The fourth-order valence-corrected chi connectivity index (χ4v) is 2.71. The molecule has 0 bridgehead atoms. The van der Waals surface area contributed by atoms with Gasteiger partial charge in [-0.2, -0.15) is 0 Å². The molecule has 5 nitrogen and oxygen atoms in total. The summed E-state index contributed by atoms with van der Waals surface area (Å²) in [6.07, 6.45) is 0.808. The van der Waals surface area contributed by atoms with Crippen LogP contribution in [0.25, 0.3) is 11.0 Å². The zero-order valence-corrected chi connectivity index (χ0v) is 14.3. The summed E-state index contributed by atoms with van der Waals surface area (Å²) in [6.45, 7) is 2.64. The van der Waals surface area contributed by atoms with E-state index in [9.17, 15) is 14.0 Å². The Balaban J connectivity index is 1.94. The maximum atomic E-state index is 13.3. The van der Waals surface area contributed by atoms with Crippen LogP contribution in [0, 0.1) is 5.82 Å². The first-order valence-electron chi connectivity index (χ1n) is 8.42. The van der Waals surface area contributed by atoms with Crippen LogP contribution in [-0.4, -0.2) is 12.5 Å². The van der Waals surface area contributed by atoms with E-state index in [2.05, 4.69) is 10.6 Å². The first kappa shape index (κ1) is 17.7. The third kappa shape index (κ3) is 3.91. The molecule has 1 amide bonds. The molecule has 3 rings (SSSR count). The van der Waals surface area contributed by atoms with Crippen molar-refractivity contribution in [3.05, 3.63) is 70.3 Å². The van der Waals surface area contributed by atoms with Crippen molar-refractivity contribution in [2.75, 3.05) is 17.2 Å². The van der Waals surface area contributed by atoms with Gasteiger partial charge in [-0.15, -0.1) is 0 Å². The van der Waals surface area contributed by atoms with Gasteiger partial charge >= 0.3 is 5.63 Å². The quantitative estimate of drug-likeness (QED) is 0.658. The Morgan fingerprint density at radius 1 is 1.12 bits per heavy atom. The average molecular weight is 354 g/mol. The van der Waals surface area contributed by atoms with Crippen molar-refractivity contribution >= 4 is 28.3 Å². The van der Waals surface area contributed by atoms with Gasteiger partial charge in [-0.25, -0.2) is 9.18 Å². The maximum absolute atomic E-state index is 13.3. The minimum Gasteiger partial charge on any atom is -0.421 e. The number of fused-ring (bicyclic) bond motifs is 1. The Morgan fingerprint density at radius 3 is 2.69 bits per heavy atom. The summed E-state index contributed by atoms with van der Waals surface area (Å²) in [5, 5.41) is 6.52. The van der Waals surface area contributed by atoms with Crippen LogP contribution in [0.15, 0.2) is 57.7 Å². The van der Waals surface area contributed by atoms with Gasteiger partial charge in [0.2, 0.25) is 5.91 Å². The highest BCUT2D eigenvalue weighted by Gasteiger charge is 2.17. The third-order valence-corrected chi connectivity index (χ3v) is 3.88. The van der Waals surface area contributed by atoms with Gasteiger partial charge in [0, 0.05) is 11.9 Å². The molecule has 0 spiro atoms. The summed E-state index contributed by atoms with van der Waals surface area (Å²) in [4.78, 5) is 24.7. The number of rotatable bonds is 6. The molecule has 0 saturated carbocycles. The van der Waals surface area contributed by atoms with E-state index in [0.29, 0.717) is 28.8 Å². The van der Waals surface area contributed by atoms with Gasteiger partial charge in [0.15, 0.2) is 5.69 Å². The molecule has 0 aliphatic rings. The van der Waals surface area contributed by atoms with Crippen LogP contribution in [0.5, 0.6) is 0 Å². The van der Waals surface area contributed by atoms with E-state index in [1.165, 1.54) is 18.2 Å². The molecule has 26 heavy (non-hydrogen) atoms. The number of amides is 1. The molecule has 0 atom stereocenters. The van der Waals surface area contributed by atoms with Crippen LogP contribution in [0.2, 0.25) is 0 Å². The number of halogens is 1. The summed E-state index contributed by atoms with van der Waals surface area (Å²) >= 11 is 0. The van der Waals surface area contributed by atoms with E-state index in [-0.39, 0.29) is 12.1 Å². The molecular formula is C20H19FN2O3. The monoisotopic (exact) mass is 354 g/mol. The van der Waals surface area contributed by atoms with E-state index in [0.717, 1.165) is 6.42 Å². The summed E-state index contributed by atoms with van der Waals surface area (Å²) in [6, 6.07) is 12.9.